The summed E-state index contributed by atoms with van der Waals surface area (Å²) in [5.74, 6) is -0.592. The number of benzene rings is 1. The number of hydrogen-bond donors (Lipinski definition) is 1. The first-order chi connectivity index (χ1) is 6.65. The monoisotopic (exact) mass is 195 g/mol. The Morgan fingerprint density at radius 1 is 1.57 bits per heavy atom. The van der Waals surface area contributed by atoms with E-state index in [-0.39, 0.29) is 5.78 Å². The van der Waals surface area contributed by atoms with Crippen molar-refractivity contribution in [3.8, 4) is 0 Å². The fourth-order valence-corrected chi connectivity index (χ4v) is 1.30. The molecule has 0 saturated carbocycles. The van der Waals surface area contributed by atoms with Gasteiger partial charge >= 0.3 is 0 Å². The van der Waals surface area contributed by atoms with Crippen molar-refractivity contribution >= 4 is 5.78 Å². The van der Waals surface area contributed by atoms with E-state index >= 15 is 0 Å². The first kappa shape index (κ1) is 10.9. The van der Waals surface area contributed by atoms with Crippen molar-refractivity contribution in [3.05, 3.63) is 35.6 Å². The Balaban J connectivity index is 2.78. The summed E-state index contributed by atoms with van der Waals surface area (Å²) in [6, 6.07) is 5.11. The Labute approximate surface area is 82.9 Å². The van der Waals surface area contributed by atoms with Gasteiger partial charge in [-0.05, 0) is 18.6 Å². The van der Waals surface area contributed by atoms with Crippen molar-refractivity contribution in [3.63, 3.8) is 0 Å². The Morgan fingerprint density at radius 2 is 2.29 bits per heavy atom. The van der Waals surface area contributed by atoms with Gasteiger partial charge in [-0.1, -0.05) is 25.5 Å². The predicted octanol–water partition coefficient (Wildman–Crippen LogP) is 2.14. The molecule has 0 heterocycles. The standard InChI is InChI=1S/C11H14FNO/c1-2-4-10(13)11(14)8-5-3-6-9(12)7-8/h3,5-7,10H,2,4,13H2,1H3. The highest BCUT2D eigenvalue weighted by Crippen LogP contribution is 2.08. The molecule has 0 aliphatic rings. The lowest BCUT2D eigenvalue weighted by molar-refractivity contribution is 0.0956. The summed E-state index contributed by atoms with van der Waals surface area (Å²) in [5, 5.41) is 0. The Kier molecular flexibility index (Phi) is 3.77. The van der Waals surface area contributed by atoms with E-state index in [1.54, 1.807) is 6.07 Å². The van der Waals surface area contributed by atoms with Gasteiger partial charge in [-0.25, -0.2) is 4.39 Å². The van der Waals surface area contributed by atoms with Gasteiger partial charge in [-0.2, -0.15) is 0 Å². The van der Waals surface area contributed by atoms with Crippen molar-refractivity contribution < 1.29 is 9.18 Å². The number of carbonyl (C=O) groups is 1. The number of ketones is 1. The van der Waals surface area contributed by atoms with Crippen LogP contribution in [0.4, 0.5) is 4.39 Å². The minimum Gasteiger partial charge on any atom is -0.321 e. The molecule has 1 rings (SSSR count). The van der Waals surface area contributed by atoms with Crippen LogP contribution in [-0.2, 0) is 0 Å². The largest absolute Gasteiger partial charge is 0.321 e. The average Bonchev–Trinajstić information content (AvgIpc) is 2.17. The van der Waals surface area contributed by atoms with Gasteiger partial charge in [0, 0.05) is 5.56 Å². The predicted molar refractivity (Wildman–Crippen MR) is 53.6 cm³/mol. The highest BCUT2D eigenvalue weighted by Gasteiger charge is 2.14. The number of carbonyl (C=O) groups excluding carboxylic acids is 1. The maximum absolute atomic E-state index is 12.8. The number of hydrogen-bond acceptors (Lipinski definition) is 2. The van der Waals surface area contributed by atoms with Gasteiger partial charge in [0.25, 0.3) is 0 Å². The van der Waals surface area contributed by atoms with Crippen LogP contribution in [0.25, 0.3) is 0 Å². The van der Waals surface area contributed by atoms with Crippen LogP contribution in [0.15, 0.2) is 24.3 Å². The second-order valence-electron chi connectivity index (χ2n) is 3.27. The third-order valence-corrected chi connectivity index (χ3v) is 2.05. The Hall–Kier alpha value is -1.22. The van der Waals surface area contributed by atoms with E-state index in [4.69, 9.17) is 5.73 Å². The zero-order valence-electron chi connectivity index (χ0n) is 8.16. The molecule has 1 aromatic carbocycles. The van der Waals surface area contributed by atoms with Gasteiger partial charge in [-0.15, -0.1) is 0 Å². The third kappa shape index (κ3) is 2.64. The minimum absolute atomic E-state index is 0.189. The van der Waals surface area contributed by atoms with Gasteiger partial charge in [0.15, 0.2) is 5.78 Å². The van der Waals surface area contributed by atoms with Gasteiger partial charge < -0.3 is 5.73 Å². The smallest absolute Gasteiger partial charge is 0.179 e. The molecule has 0 aliphatic carbocycles. The molecule has 1 unspecified atom stereocenters. The lowest BCUT2D eigenvalue weighted by atomic mass is 10.0. The lowest BCUT2D eigenvalue weighted by Crippen LogP contribution is -2.30. The van der Waals surface area contributed by atoms with Crippen LogP contribution in [0.1, 0.15) is 30.1 Å². The van der Waals surface area contributed by atoms with E-state index in [1.807, 2.05) is 6.92 Å². The van der Waals surface area contributed by atoms with E-state index < -0.39 is 11.9 Å². The molecule has 0 saturated heterocycles. The molecular weight excluding hydrogens is 181 g/mol. The van der Waals surface area contributed by atoms with Gasteiger partial charge in [-0.3, -0.25) is 4.79 Å². The number of nitrogens with two attached hydrogens (primary N) is 1. The highest BCUT2D eigenvalue weighted by molar-refractivity contribution is 5.99. The molecule has 0 spiro atoms. The molecule has 76 valence electrons. The first-order valence-electron chi connectivity index (χ1n) is 4.70. The summed E-state index contributed by atoms with van der Waals surface area (Å²) in [6.07, 6.45) is 1.48. The molecule has 14 heavy (non-hydrogen) atoms. The molecular formula is C11H14FNO. The third-order valence-electron chi connectivity index (χ3n) is 2.05. The van der Waals surface area contributed by atoms with Gasteiger partial charge in [0.2, 0.25) is 0 Å². The van der Waals surface area contributed by atoms with Crippen molar-refractivity contribution in [1.82, 2.24) is 0 Å². The molecule has 2 nitrogen and oxygen atoms in total. The molecule has 0 aromatic heterocycles. The molecule has 0 bridgehead atoms. The first-order valence-corrected chi connectivity index (χ1v) is 4.70. The minimum atomic E-state index is -0.512. The van der Waals surface area contributed by atoms with E-state index in [2.05, 4.69) is 0 Å². The second-order valence-corrected chi connectivity index (χ2v) is 3.27. The molecule has 0 fully saturated rings. The quantitative estimate of drug-likeness (QED) is 0.748. The van der Waals surface area contributed by atoms with Crippen LogP contribution < -0.4 is 5.73 Å². The van der Waals surface area contributed by atoms with Crippen molar-refractivity contribution in [2.24, 2.45) is 5.73 Å². The highest BCUT2D eigenvalue weighted by atomic mass is 19.1. The Bertz CT molecular complexity index is 325. The van der Waals surface area contributed by atoms with Crippen molar-refractivity contribution in [1.29, 1.82) is 0 Å². The van der Waals surface area contributed by atoms with Crippen LogP contribution in [-0.4, -0.2) is 11.8 Å². The SMILES string of the molecule is CCCC(N)C(=O)c1cccc(F)c1. The van der Waals surface area contributed by atoms with Crippen molar-refractivity contribution in [2.45, 2.75) is 25.8 Å². The molecule has 3 heteroatoms. The fourth-order valence-electron chi connectivity index (χ4n) is 1.30. The summed E-state index contributed by atoms with van der Waals surface area (Å²) < 4.78 is 12.8. The zero-order chi connectivity index (χ0) is 10.6. The fraction of sp³-hybridized carbons (Fsp3) is 0.364. The van der Waals surface area contributed by atoms with Gasteiger partial charge in [0.05, 0.1) is 6.04 Å². The topological polar surface area (TPSA) is 43.1 Å². The Morgan fingerprint density at radius 3 is 2.86 bits per heavy atom. The van der Waals surface area contributed by atoms with E-state index in [0.29, 0.717) is 12.0 Å². The van der Waals surface area contributed by atoms with Crippen LogP contribution in [0, 0.1) is 5.82 Å². The molecule has 1 aromatic rings. The molecule has 0 radical (unpaired) electrons. The van der Waals surface area contributed by atoms with Crippen LogP contribution in [0.5, 0.6) is 0 Å². The molecule has 2 N–H and O–H groups in total. The summed E-state index contributed by atoms with van der Waals surface area (Å²) in [5.41, 5.74) is 5.99. The number of halogens is 1. The van der Waals surface area contributed by atoms with Crippen LogP contribution >= 0.6 is 0 Å². The van der Waals surface area contributed by atoms with Crippen LogP contribution in [0.3, 0.4) is 0 Å². The lowest BCUT2D eigenvalue weighted by Gasteiger charge is -2.08. The summed E-state index contributed by atoms with van der Waals surface area (Å²) >= 11 is 0. The molecule has 1 atom stereocenters. The van der Waals surface area contributed by atoms with E-state index in [1.165, 1.54) is 18.2 Å². The zero-order valence-corrected chi connectivity index (χ0v) is 8.16. The number of rotatable bonds is 4. The second kappa shape index (κ2) is 4.86. The maximum atomic E-state index is 12.8. The maximum Gasteiger partial charge on any atom is 0.179 e. The summed E-state index contributed by atoms with van der Waals surface area (Å²) in [4.78, 5) is 11.6. The van der Waals surface area contributed by atoms with Crippen LogP contribution in [0.2, 0.25) is 0 Å². The number of Topliss-reactive ketones (excluding diaryl/α,β-unsaturated/α-hetero) is 1. The molecule has 0 amide bonds. The van der Waals surface area contributed by atoms with Crippen molar-refractivity contribution in [2.75, 3.05) is 0 Å². The van der Waals surface area contributed by atoms with E-state index in [9.17, 15) is 9.18 Å². The van der Waals surface area contributed by atoms with Gasteiger partial charge in [0.1, 0.15) is 5.82 Å². The van der Waals surface area contributed by atoms with E-state index in [0.717, 1.165) is 6.42 Å². The summed E-state index contributed by atoms with van der Waals surface area (Å²) in [7, 11) is 0. The average molecular weight is 195 g/mol. The normalized spacial score (nSPS) is 12.5. The molecule has 0 aliphatic heterocycles. The summed E-state index contributed by atoms with van der Waals surface area (Å²) in [6.45, 7) is 1.96.